The quantitative estimate of drug-likeness (QED) is 0.145. The maximum absolute atomic E-state index is 13.6. The lowest BCUT2D eigenvalue weighted by Gasteiger charge is -2.09. The number of furan rings is 1. The fourth-order valence-corrected chi connectivity index (χ4v) is 2.35. The molecule has 0 atom stereocenters. The number of phenols is 1. The SMILES string of the molecule is O=C(Nc1cc([N+](=O)[O-])ccc1O)c1ccc(COc2c(F)c(F)c(F)c(F)c2F)o1. The molecule has 1 aromatic heterocycles. The fourth-order valence-electron chi connectivity index (χ4n) is 2.35. The molecule has 13 heteroatoms. The lowest BCUT2D eigenvalue weighted by atomic mass is 10.2. The number of benzene rings is 2. The van der Waals surface area contributed by atoms with Gasteiger partial charge in [0.15, 0.2) is 11.5 Å². The van der Waals surface area contributed by atoms with Crippen molar-refractivity contribution in [3.8, 4) is 11.5 Å². The predicted molar refractivity (Wildman–Crippen MR) is 92.0 cm³/mol. The smallest absolute Gasteiger partial charge is 0.291 e. The average Bonchev–Trinajstić information content (AvgIpc) is 3.21. The van der Waals surface area contributed by atoms with Gasteiger partial charge in [-0.2, -0.15) is 8.78 Å². The Balaban J connectivity index is 1.74. The van der Waals surface area contributed by atoms with E-state index in [4.69, 9.17) is 4.42 Å². The molecule has 0 saturated heterocycles. The summed E-state index contributed by atoms with van der Waals surface area (Å²) < 4.78 is 76.2. The van der Waals surface area contributed by atoms with E-state index in [1.54, 1.807) is 0 Å². The number of rotatable bonds is 6. The van der Waals surface area contributed by atoms with Crippen LogP contribution in [-0.4, -0.2) is 15.9 Å². The summed E-state index contributed by atoms with van der Waals surface area (Å²) in [5.41, 5.74) is -0.709. The molecule has 2 aromatic carbocycles. The van der Waals surface area contributed by atoms with Gasteiger partial charge in [0, 0.05) is 12.1 Å². The molecular formula is C18H9F5N2O6. The van der Waals surface area contributed by atoms with Crippen LogP contribution in [0.2, 0.25) is 0 Å². The van der Waals surface area contributed by atoms with Crippen molar-refractivity contribution in [1.29, 1.82) is 0 Å². The van der Waals surface area contributed by atoms with Crippen LogP contribution in [0.25, 0.3) is 0 Å². The van der Waals surface area contributed by atoms with Crippen LogP contribution in [0.5, 0.6) is 11.5 Å². The molecule has 0 fully saturated rings. The predicted octanol–water partition coefficient (Wildman–Crippen LogP) is 4.42. The topological polar surface area (TPSA) is 115 Å². The molecule has 0 aliphatic carbocycles. The zero-order valence-corrected chi connectivity index (χ0v) is 14.9. The molecule has 0 unspecified atom stereocenters. The molecule has 0 bridgehead atoms. The minimum absolute atomic E-state index is 0.225. The van der Waals surface area contributed by atoms with Crippen LogP contribution in [0.3, 0.4) is 0 Å². The van der Waals surface area contributed by atoms with Crippen molar-refractivity contribution >= 4 is 17.3 Å². The first kappa shape index (κ1) is 21.5. The van der Waals surface area contributed by atoms with Crippen molar-refractivity contribution < 1.29 is 45.9 Å². The first-order valence-corrected chi connectivity index (χ1v) is 8.11. The zero-order valence-electron chi connectivity index (χ0n) is 14.9. The van der Waals surface area contributed by atoms with Crippen molar-refractivity contribution in [2.45, 2.75) is 6.61 Å². The molecule has 1 heterocycles. The number of nitrogens with one attached hydrogen (secondary N) is 1. The Bertz CT molecular complexity index is 1170. The average molecular weight is 444 g/mol. The number of nitro benzene ring substituents is 1. The summed E-state index contributed by atoms with van der Waals surface area (Å²) in [7, 11) is 0. The molecule has 1 amide bonds. The van der Waals surface area contributed by atoms with Gasteiger partial charge in [-0.25, -0.2) is 13.2 Å². The Morgan fingerprint density at radius 1 is 1.03 bits per heavy atom. The number of nitrogens with zero attached hydrogens (tertiary/aromatic N) is 1. The summed E-state index contributed by atoms with van der Waals surface area (Å²) in [6, 6.07) is 5.09. The lowest BCUT2D eigenvalue weighted by molar-refractivity contribution is -0.384. The fraction of sp³-hybridized carbons (Fsp3) is 0.0556. The van der Waals surface area contributed by atoms with E-state index in [0.717, 1.165) is 30.3 Å². The van der Waals surface area contributed by atoms with Gasteiger partial charge in [-0.15, -0.1) is 0 Å². The molecule has 0 aliphatic rings. The molecule has 0 spiro atoms. The van der Waals surface area contributed by atoms with Crippen molar-refractivity contribution in [2.24, 2.45) is 0 Å². The van der Waals surface area contributed by atoms with Crippen LogP contribution in [-0.2, 0) is 6.61 Å². The van der Waals surface area contributed by atoms with Crippen molar-refractivity contribution in [2.75, 3.05) is 5.32 Å². The highest BCUT2D eigenvalue weighted by Crippen LogP contribution is 2.30. The van der Waals surface area contributed by atoms with Crippen LogP contribution in [0.1, 0.15) is 16.3 Å². The molecule has 3 rings (SSSR count). The number of carbonyl (C=O) groups excluding carboxylic acids is 1. The van der Waals surface area contributed by atoms with Crippen molar-refractivity contribution in [1.82, 2.24) is 0 Å². The van der Waals surface area contributed by atoms with E-state index in [9.17, 15) is 42.0 Å². The van der Waals surface area contributed by atoms with Crippen LogP contribution in [0, 0.1) is 39.2 Å². The van der Waals surface area contributed by atoms with E-state index in [0.29, 0.717) is 0 Å². The maximum Gasteiger partial charge on any atom is 0.291 e. The molecule has 2 N–H and O–H groups in total. The highest BCUT2D eigenvalue weighted by Gasteiger charge is 2.27. The molecule has 3 aromatic rings. The number of phenolic OH excluding ortho intramolecular Hbond substituents is 1. The van der Waals surface area contributed by atoms with E-state index < -0.39 is 69.5 Å². The molecule has 8 nitrogen and oxygen atoms in total. The highest BCUT2D eigenvalue weighted by molar-refractivity contribution is 6.03. The van der Waals surface area contributed by atoms with Gasteiger partial charge in [-0.1, -0.05) is 0 Å². The number of amides is 1. The van der Waals surface area contributed by atoms with E-state index in [1.807, 2.05) is 0 Å². The van der Waals surface area contributed by atoms with Gasteiger partial charge < -0.3 is 19.6 Å². The molecule has 162 valence electrons. The summed E-state index contributed by atoms with van der Waals surface area (Å²) in [5, 5.41) is 22.6. The summed E-state index contributed by atoms with van der Waals surface area (Å²) in [5.74, 6) is -14.7. The lowest BCUT2D eigenvalue weighted by Crippen LogP contribution is -2.11. The van der Waals surface area contributed by atoms with E-state index in [-0.39, 0.29) is 11.4 Å². The maximum atomic E-state index is 13.6. The van der Waals surface area contributed by atoms with Crippen molar-refractivity contribution in [3.05, 3.63) is 81.1 Å². The third-order valence-electron chi connectivity index (χ3n) is 3.85. The number of hydrogen-bond acceptors (Lipinski definition) is 6. The van der Waals surface area contributed by atoms with Crippen LogP contribution >= 0.6 is 0 Å². The number of halogens is 5. The monoisotopic (exact) mass is 444 g/mol. The minimum Gasteiger partial charge on any atom is -0.506 e. The minimum atomic E-state index is -2.34. The van der Waals surface area contributed by atoms with Crippen LogP contribution < -0.4 is 10.1 Å². The summed E-state index contributed by atoms with van der Waals surface area (Å²) in [6.45, 7) is -0.798. The summed E-state index contributed by atoms with van der Waals surface area (Å²) >= 11 is 0. The van der Waals surface area contributed by atoms with Crippen LogP contribution in [0.4, 0.5) is 33.3 Å². The van der Waals surface area contributed by atoms with E-state index in [2.05, 4.69) is 10.1 Å². The van der Waals surface area contributed by atoms with Gasteiger partial charge in [-0.05, 0) is 18.2 Å². The molecule has 0 aliphatic heterocycles. The van der Waals surface area contributed by atoms with Gasteiger partial charge in [0.05, 0.1) is 10.6 Å². The van der Waals surface area contributed by atoms with Gasteiger partial charge >= 0.3 is 0 Å². The first-order chi connectivity index (χ1) is 14.6. The molecule has 31 heavy (non-hydrogen) atoms. The number of anilines is 1. The Morgan fingerprint density at radius 2 is 1.65 bits per heavy atom. The molecule has 0 radical (unpaired) electrons. The standard InChI is InChI=1S/C18H9F5N2O6/c19-12-13(20)15(22)17(16(23)14(12)21)30-6-8-2-4-11(31-8)18(27)24-9-5-7(25(28)29)1-3-10(9)26/h1-5,26H,6H2,(H,24,27). The van der Waals surface area contributed by atoms with Gasteiger partial charge in [0.1, 0.15) is 18.1 Å². The summed E-state index contributed by atoms with van der Waals surface area (Å²) in [6.07, 6.45) is 0. The Kier molecular flexibility index (Phi) is 5.77. The van der Waals surface area contributed by atoms with Crippen LogP contribution in [0.15, 0.2) is 34.7 Å². The van der Waals surface area contributed by atoms with Gasteiger partial charge in [0.2, 0.25) is 29.1 Å². The largest absolute Gasteiger partial charge is 0.506 e. The second-order valence-electron chi connectivity index (χ2n) is 5.87. The Labute approximate surface area is 168 Å². The number of nitro groups is 1. The number of ether oxygens (including phenoxy) is 1. The Morgan fingerprint density at radius 3 is 2.26 bits per heavy atom. The summed E-state index contributed by atoms with van der Waals surface area (Å²) in [4.78, 5) is 22.2. The number of carbonyl (C=O) groups is 1. The third-order valence-corrected chi connectivity index (χ3v) is 3.85. The van der Waals surface area contributed by atoms with E-state index >= 15 is 0 Å². The number of non-ortho nitro benzene ring substituents is 1. The molecule has 0 saturated carbocycles. The number of aromatic hydroxyl groups is 1. The second kappa shape index (κ2) is 8.30. The Hall–Kier alpha value is -4.16. The van der Waals surface area contributed by atoms with Gasteiger partial charge in [0.25, 0.3) is 11.6 Å². The third kappa shape index (κ3) is 4.24. The highest BCUT2D eigenvalue weighted by atomic mass is 19.2. The first-order valence-electron chi connectivity index (χ1n) is 8.11. The van der Waals surface area contributed by atoms with Crippen molar-refractivity contribution in [3.63, 3.8) is 0 Å². The van der Waals surface area contributed by atoms with Gasteiger partial charge in [-0.3, -0.25) is 14.9 Å². The number of hydrogen-bond donors (Lipinski definition) is 2. The zero-order chi connectivity index (χ0) is 22.9. The molecular weight excluding hydrogens is 435 g/mol. The second-order valence-corrected chi connectivity index (χ2v) is 5.87. The van der Waals surface area contributed by atoms with E-state index in [1.165, 1.54) is 0 Å². The normalized spacial score (nSPS) is 10.7.